The highest BCUT2D eigenvalue weighted by atomic mass is 19.1. The van der Waals surface area contributed by atoms with E-state index in [0.717, 1.165) is 31.4 Å². The maximum absolute atomic E-state index is 13.9. The first kappa shape index (κ1) is 26.8. The second-order valence-electron chi connectivity index (χ2n) is 10.4. The molecule has 7 heteroatoms. The Labute approximate surface area is 219 Å². The van der Waals surface area contributed by atoms with Crippen LogP contribution in [0.25, 0.3) is 0 Å². The van der Waals surface area contributed by atoms with Gasteiger partial charge in [0.2, 0.25) is 5.91 Å². The van der Waals surface area contributed by atoms with Crippen molar-refractivity contribution >= 4 is 29.1 Å². The first-order valence-corrected chi connectivity index (χ1v) is 13.5. The topological polar surface area (TPSA) is 60.9 Å². The molecule has 1 saturated carbocycles. The number of ketones is 1. The highest BCUT2D eigenvalue weighted by Gasteiger charge is 2.44. The molecule has 0 bridgehead atoms. The third kappa shape index (κ3) is 6.03. The molecule has 1 saturated heterocycles. The molecular formula is C30H38FN3O3. The first-order valence-electron chi connectivity index (χ1n) is 13.5. The van der Waals surface area contributed by atoms with E-state index in [1.165, 1.54) is 18.6 Å². The van der Waals surface area contributed by atoms with Gasteiger partial charge in [-0.05, 0) is 75.9 Å². The number of carbonyl (C=O) groups excluding carboxylic acids is 3. The lowest BCUT2D eigenvalue weighted by molar-refractivity contribution is -0.135. The van der Waals surface area contributed by atoms with Crippen LogP contribution in [0.4, 0.5) is 20.6 Å². The summed E-state index contributed by atoms with van der Waals surface area (Å²) in [7, 11) is 0. The van der Waals surface area contributed by atoms with Crippen molar-refractivity contribution in [2.45, 2.75) is 71.3 Å². The highest BCUT2D eigenvalue weighted by molar-refractivity contribution is 5.98. The minimum absolute atomic E-state index is 0.00502. The monoisotopic (exact) mass is 507 g/mol. The van der Waals surface area contributed by atoms with Crippen molar-refractivity contribution in [1.29, 1.82) is 0 Å². The molecule has 0 atom stereocenters. The van der Waals surface area contributed by atoms with Gasteiger partial charge in [-0.15, -0.1) is 0 Å². The molecule has 4 rings (SSSR count). The summed E-state index contributed by atoms with van der Waals surface area (Å²) in [5.74, 6) is -0.344. The van der Waals surface area contributed by atoms with Gasteiger partial charge >= 0.3 is 6.03 Å². The van der Waals surface area contributed by atoms with Gasteiger partial charge in [-0.2, -0.15) is 0 Å². The number of benzene rings is 2. The molecule has 37 heavy (non-hydrogen) atoms. The molecule has 2 aromatic carbocycles. The van der Waals surface area contributed by atoms with Gasteiger partial charge in [-0.25, -0.2) is 9.18 Å². The fourth-order valence-corrected chi connectivity index (χ4v) is 5.86. The third-order valence-corrected chi connectivity index (χ3v) is 8.16. The quantitative estimate of drug-likeness (QED) is 0.448. The van der Waals surface area contributed by atoms with E-state index in [0.29, 0.717) is 38.2 Å². The average Bonchev–Trinajstić information content (AvgIpc) is 2.92. The van der Waals surface area contributed by atoms with Gasteiger partial charge in [-0.3, -0.25) is 14.5 Å². The van der Waals surface area contributed by atoms with Gasteiger partial charge in [0.05, 0.1) is 0 Å². The molecule has 1 heterocycles. The van der Waals surface area contributed by atoms with Gasteiger partial charge in [0, 0.05) is 48.9 Å². The fourth-order valence-electron chi connectivity index (χ4n) is 5.86. The number of anilines is 2. The zero-order valence-corrected chi connectivity index (χ0v) is 22.0. The van der Waals surface area contributed by atoms with Crippen LogP contribution in [0.15, 0.2) is 54.6 Å². The van der Waals surface area contributed by atoms with Crippen LogP contribution in [0.1, 0.15) is 65.2 Å². The number of carbonyl (C=O) groups is 3. The molecule has 2 fully saturated rings. The van der Waals surface area contributed by atoms with Crippen LogP contribution >= 0.6 is 0 Å². The highest BCUT2D eigenvalue weighted by Crippen LogP contribution is 2.39. The predicted molar refractivity (Wildman–Crippen MR) is 144 cm³/mol. The maximum Gasteiger partial charge on any atom is 0.324 e. The number of nitrogens with zero attached hydrogens (tertiary/aromatic N) is 3. The minimum atomic E-state index is -0.775. The average molecular weight is 508 g/mol. The Morgan fingerprint density at radius 3 is 2.11 bits per heavy atom. The van der Waals surface area contributed by atoms with E-state index in [4.69, 9.17) is 0 Å². The Morgan fingerprint density at radius 2 is 1.54 bits per heavy atom. The summed E-state index contributed by atoms with van der Waals surface area (Å²) in [5.41, 5.74) is 0.754. The van der Waals surface area contributed by atoms with Gasteiger partial charge in [0.25, 0.3) is 0 Å². The molecular weight excluding hydrogens is 469 g/mol. The van der Waals surface area contributed by atoms with E-state index in [-0.39, 0.29) is 36.0 Å². The number of amides is 3. The zero-order valence-electron chi connectivity index (χ0n) is 22.0. The lowest BCUT2D eigenvalue weighted by Crippen LogP contribution is -2.52. The van der Waals surface area contributed by atoms with Crippen LogP contribution in [0.5, 0.6) is 0 Å². The normalized spacial score (nSPS) is 17.8. The molecule has 0 spiro atoms. The molecule has 0 aromatic heterocycles. The van der Waals surface area contributed by atoms with E-state index < -0.39 is 5.41 Å². The van der Waals surface area contributed by atoms with Gasteiger partial charge < -0.3 is 9.80 Å². The number of urea groups is 1. The van der Waals surface area contributed by atoms with Crippen molar-refractivity contribution in [3.63, 3.8) is 0 Å². The Hall–Kier alpha value is -3.22. The van der Waals surface area contributed by atoms with Crippen LogP contribution in [0.3, 0.4) is 0 Å². The molecule has 1 aliphatic carbocycles. The molecule has 0 unspecified atom stereocenters. The molecule has 198 valence electrons. The molecule has 2 aromatic rings. The summed E-state index contributed by atoms with van der Waals surface area (Å²) >= 11 is 0. The van der Waals surface area contributed by atoms with Crippen LogP contribution < -0.4 is 9.80 Å². The van der Waals surface area contributed by atoms with Crippen molar-refractivity contribution < 1.29 is 18.8 Å². The standard InChI is InChI=1S/C30H38FN3O3/c1-3-33(25-16-14-24(31)15-17-25)29(37)32-20-18-30(19-21-32,23(2)35)22-28(36)34(26-10-6-4-7-11-26)27-12-8-5-9-13-27/h4,6-7,10-11,14-17,27H,3,5,8-9,12-13,18-22H2,1-2H3. The van der Waals surface area contributed by atoms with Gasteiger partial charge in [-0.1, -0.05) is 37.5 Å². The third-order valence-electron chi connectivity index (χ3n) is 8.16. The molecule has 1 aliphatic heterocycles. The Morgan fingerprint density at radius 1 is 0.919 bits per heavy atom. The lowest BCUT2D eigenvalue weighted by atomic mass is 9.72. The van der Waals surface area contributed by atoms with Crippen molar-refractivity contribution in [2.24, 2.45) is 5.41 Å². The number of hydrogen-bond donors (Lipinski definition) is 0. The van der Waals surface area contributed by atoms with Crippen molar-refractivity contribution in [2.75, 3.05) is 29.4 Å². The number of likely N-dealkylation sites (tertiary alicyclic amines) is 1. The molecule has 6 nitrogen and oxygen atoms in total. The fraction of sp³-hybridized carbons (Fsp3) is 0.500. The summed E-state index contributed by atoms with van der Waals surface area (Å²) in [5, 5.41) is 0. The molecule has 3 amide bonds. The Bertz CT molecular complexity index is 1080. The molecule has 2 aliphatic rings. The number of piperidine rings is 1. The first-order chi connectivity index (χ1) is 17.8. The van der Waals surface area contributed by atoms with E-state index in [1.54, 1.807) is 28.9 Å². The number of hydrogen-bond acceptors (Lipinski definition) is 3. The van der Waals surface area contributed by atoms with Crippen molar-refractivity contribution in [3.8, 4) is 0 Å². The number of para-hydroxylation sites is 1. The van der Waals surface area contributed by atoms with E-state index in [1.807, 2.05) is 42.2 Å². The molecule has 0 N–H and O–H groups in total. The van der Waals surface area contributed by atoms with E-state index >= 15 is 0 Å². The van der Waals surface area contributed by atoms with E-state index in [9.17, 15) is 18.8 Å². The molecule has 0 radical (unpaired) electrons. The van der Waals surface area contributed by atoms with Gasteiger partial charge in [0.1, 0.15) is 11.6 Å². The summed E-state index contributed by atoms with van der Waals surface area (Å²) in [4.78, 5) is 45.5. The zero-order chi connectivity index (χ0) is 26.4. The smallest absolute Gasteiger partial charge is 0.324 e. The predicted octanol–water partition coefficient (Wildman–Crippen LogP) is 6.20. The second kappa shape index (κ2) is 11.9. The second-order valence-corrected chi connectivity index (χ2v) is 10.4. The summed E-state index contributed by atoms with van der Waals surface area (Å²) < 4.78 is 13.4. The SMILES string of the molecule is CCN(C(=O)N1CCC(CC(=O)N(c2ccccc2)C2CCCCC2)(C(C)=O)CC1)c1ccc(F)cc1. The van der Waals surface area contributed by atoms with Crippen molar-refractivity contribution in [3.05, 3.63) is 60.4 Å². The maximum atomic E-state index is 13.9. The van der Waals surface area contributed by atoms with Crippen molar-refractivity contribution in [1.82, 2.24) is 4.90 Å². The lowest BCUT2D eigenvalue weighted by Gasteiger charge is -2.43. The van der Waals surface area contributed by atoms with Crippen LogP contribution in [0, 0.1) is 11.2 Å². The number of halogens is 1. The van der Waals surface area contributed by atoms with Crippen LogP contribution in [-0.2, 0) is 9.59 Å². The van der Waals surface area contributed by atoms with Gasteiger partial charge in [0.15, 0.2) is 0 Å². The Balaban J connectivity index is 1.48. The summed E-state index contributed by atoms with van der Waals surface area (Å²) in [6.45, 7) is 4.71. The van der Waals surface area contributed by atoms with E-state index in [2.05, 4.69) is 0 Å². The number of rotatable bonds is 7. The minimum Gasteiger partial charge on any atom is -0.324 e. The van der Waals surface area contributed by atoms with Crippen LogP contribution in [-0.4, -0.2) is 48.3 Å². The number of Topliss-reactive ketones (excluding diaryl/α,β-unsaturated/α-hetero) is 1. The largest absolute Gasteiger partial charge is 0.324 e. The summed E-state index contributed by atoms with van der Waals surface area (Å²) in [6, 6.07) is 15.7. The Kier molecular flexibility index (Phi) is 8.62. The van der Waals surface area contributed by atoms with Crippen LogP contribution in [0.2, 0.25) is 0 Å². The summed E-state index contributed by atoms with van der Waals surface area (Å²) in [6.07, 6.45) is 6.43.